The zero-order chi connectivity index (χ0) is 18.3. The molecule has 1 N–H and O–H groups in total. The van der Waals surface area contributed by atoms with Gasteiger partial charge in [-0.2, -0.15) is 0 Å². The van der Waals surface area contributed by atoms with Gasteiger partial charge in [0, 0.05) is 37.1 Å². The van der Waals surface area contributed by atoms with E-state index < -0.39 is 0 Å². The number of fused-ring (bicyclic) bond motifs is 1. The van der Waals surface area contributed by atoms with Crippen LogP contribution in [0.3, 0.4) is 0 Å². The Labute approximate surface area is 159 Å². The number of aryl methyl sites for hydroxylation is 1. The van der Waals surface area contributed by atoms with Gasteiger partial charge in [0.2, 0.25) is 5.65 Å². The molecule has 0 spiro atoms. The summed E-state index contributed by atoms with van der Waals surface area (Å²) in [7, 11) is 0. The maximum absolute atomic E-state index is 12.4. The standard InChI is InChI=1S/C17H16Cl2N6O/c1-10-22-23-16-15(20-5-7-25(10)16)24-6-4-12(9-24)21-17(26)11-2-3-13(18)14(19)8-11/h2-3,5,7-8,12H,4,6,9H2,1H3,(H,21,26). The zero-order valence-electron chi connectivity index (χ0n) is 14.0. The average Bonchev–Trinajstić information content (AvgIpc) is 3.24. The second-order valence-corrected chi connectivity index (χ2v) is 7.04. The Morgan fingerprint density at radius 3 is 2.92 bits per heavy atom. The van der Waals surface area contributed by atoms with E-state index in [1.54, 1.807) is 24.4 Å². The number of aromatic nitrogens is 4. The Bertz CT molecular complexity index is 989. The fourth-order valence-electron chi connectivity index (χ4n) is 3.13. The number of carbonyl (C=O) groups is 1. The smallest absolute Gasteiger partial charge is 0.251 e. The first kappa shape index (κ1) is 17.1. The normalized spacial score (nSPS) is 17.0. The third kappa shape index (κ3) is 3.08. The van der Waals surface area contributed by atoms with Crippen LogP contribution in [0.5, 0.6) is 0 Å². The number of rotatable bonds is 3. The molecule has 2 aromatic heterocycles. The van der Waals surface area contributed by atoms with E-state index in [-0.39, 0.29) is 11.9 Å². The Kier molecular flexibility index (Phi) is 4.42. The van der Waals surface area contributed by atoms with Crippen LogP contribution in [0.1, 0.15) is 22.6 Å². The molecule has 1 fully saturated rings. The molecule has 0 radical (unpaired) electrons. The molecule has 0 aliphatic carbocycles. The molecule has 1 atom stereocenters. The molecular formula is C17H16Cl2N6O. The SMILES string of the molecule is Cc1nnc2c(N3CCC(NC(=O)c4ccc(Cl)c(Cl)c4)C3)nccn12. The minimum Gasteiger partial charge on any atom is -0.351 e. The van der Waals surface area contributed by atoms with E-state index in [4.69, 9.17) is 23.2 Å². The minimum atomic E-state index is -0.167. The highest BCUT2D eigenvalue weighted by molar-refractivity contribution is 6.42. The van der Waals surface area contributed by atoms with Crippen molar-refractivity contribution in [1.82, 2.24) is 24.9 Å². The molecule has 7 nitrogen and oxygen atoms in total. The number of carbonyl (C=O) groups excluding carboxylic acids is 1. The number of halogens is 2. The number of amides is 1. The molecular weight excluding hydrogens is 375 g/mol. The van der Waals surface area contributed by atoms with Gasteiger partial charge in [0.05, 0.1) is 10.0 Å². The van der Waals surface area contributed by atoms with Gasteiger partial charge < -0.3 is 10.2 Å². The minimum absolute atomic E-state index is 0.0167. The lowest BCUT2D eigenvalue weighted by Gasteiger charge is -2.18. The van der Waals surface area contributed by atoms with Crippen molar-refractivity contribution in [2.45, 2.75) is 19.4 Å². The molecule has 9 heteroatoms. The molecule has 26 heavy (non-hydrogen) atoms. The first-order chi connectivity index (χ1) is 12.5. The lowest BCUT2D eigenvalue weighted by Crippen LogP contribution is -2.37. The molecule has 1 aliphatic rings. The van der Waals surface area contributed by atoms with E-state index in [1.807, 2.05) is 17.5 Å². The molecule has 4 rings (SSSR count). The number of nitrogens with zero attached hydrogens (tertiary/aromatic N) is 5. The van der Waals surface area contributed by atoms with Crippen molar-refractivity contribution in [3.63, 3.8) is 0 Å². The third-order valence-electron chi connectivity index (χ3n) is 4.48. The van der Waals surface area contributed by atoms with E-state index in [0.717, 1.165) is 30.3 Å². The van der Waals surface area contributed by atoms with Crippen molar-refractivity contribution in [3.05, 3.63) is 52.0 Å². The molecule has 3 aromatic rings. The molecule has 1 amide bonds. The van der Waals surface area contributed by atoms with Crippen molar-refractivity contribution in [1.29, 1.82) is 0 Å². The van der Waals surface area contributed by atoms with Crippen LogP contribution in [-0.4, -0.2) is 44.6 Å². The Morgan fingerprint density at radius 2 is 2.12 bits per heavy atom. The van der Waals surface area contributed by atoms with E-state index in [2.05, 4.69) is 25.4 Å². The third-order valence-corrected chi connectivity index (χ3v) is 5.22. The summed E-state index contributed by atoms with van der Waals surface area (Å²) in [5, 5.41) is 12.1. The van der Waals surface area contributed by atoms with Gasteiger partial charge in [-0.05, 0) is 31.5 Å². The highest BCUT2D eigenvalue weighted by Crippen LogP contribution is 2.24. The van der Waals surface area contributed by atoms with Gasteiger partial charge in [-0.3, -0.25) is 9.20 Å². The van der Waals surface area contributed by atoms with Crippen LogP contribution < -0.4 is 10.2 Å². The van der Waals surface area contributed by atoms with Crippen LogP contribution in [0.15, 0.2) is 30.6 Å². The van der Waals surface area contributed by atoms with Crippen LogP contribution in [0.25, 0.3) is 5.65 Å². The Balaban J connectivity index is 1.48. The van der Waals surface area contributed by atoms with Gasteiger partial charge in [0.25, 0.3) is 5.91 Å². The summed E-state index contributed by atoms with van der Waals surface area (Å²) < 4.78 is 1.91. The topological polar surface area (TPSA) is 75.4 Å². The molecule has 0 bridgehead atoms. The van der Waals surface area contributed by atoms with Crippen LogP contribution in [0, 0.1) is 6.92 Å². The summed E-state index contributed by atoms with van der Waals surface area (Å²) >= 11 is 11.9. The second kappa shape index (κ2) is 6.74. The van der Waals surface area contributed by atoms with Gasteiger partial charge >= 0.3 is 0 Å². The predicted molar refractivity (Wildman–Crippen MR) is 100 cm³/mol. The molecule has 134 valence electrons. The maximum Gasteiger partial charge on any atom is 0.251 e. The fourth-order valence-corrected chi connectivity index (χ4v) is 3.43. The molecule has 1 saturated heterocycles. The van der Waals surface area contributed by atoms with Crippen LogP contribution >= 0.6 is 23.2 Å². The summed E-state index contributed by atoms with van der Waals surface area (Å²) in [5.74, 6) is 1.42. The van der Waals surface area contributed by atoms with E-state index in [0.29, 0.717) is 22.2 Å². The van der Waals surface area contributed by atoms with Crippen molar-refractivity contribution in [2.24, 2.45) is 0 Å². The van der Waals surface area contributed by atoms with Crippen molar-refractivity contribution >= 4 is 40.6 Å². The second-order valence-electron chi connectivity index (χ2n) is 6.23. The van der Waals surface area contributed by atoms with Gasteiger partial charge in [0.15, 0.2) is 5.82 Å². The van der Waals surface area contributed by atoms with Gasteiger partial charge in [-0.1, -0.05) is 23.2 Å². The predicted octanol–water partition coefficient (Wildman–Crippen LogP) is 2.75. The number of hydrogen-bond acceptors (Lipinski definition) is 5. The summed E-state index contributed by atoms with van der Waals surface area (Å²) in [6.45, 7) is 3.34. The first-order valence-electron chi connectivity index (χ1n) is 8.20. The number of anilines is 1. The Hall–Kier alpha value is -2.38. The van der Waals surface area contributed by atoms with E-state index in [9.17, 15) is 4.79 Å². The van der Waals surface area contributed by atoms with Gasteiger partial charge in [0.1, 0.15) is 5.82 Å². The molecule has 0 saturated carbocycles. The highest BCUT2D eigenvalue weighted by atomic mass is 35.5. The summed E-state index contributed by atoms with van der Waals surface area (Å²) in [4.78, 5) is 19.0. The molecule has 3 heterocycles. The number of benzene rings is 1. The zero-order valence-corrected chi connectivity index (χ0v) is 15.5. The number of hydrogen-bond donors (Lipinski definition) is 1. The van der Waals surface area contributed by atoms with E-state index in [1.165, 1.54) is 0 Å². The average molecular weight is 391 g/mol. The lowest BCUT2D eigenvalue weighted by molar-refractivity contribution is 0.0940. The van der Waals surface area contributed by atoms with Crippen LogP contribution in [-0.2, 0) is 0 Å². The van der Waals surface area contributed by atoms with Gasteiger partial charge in [-0.25, -0.2) is 4.98 Å². The first-order valence-corrected chi connectivity index (χ1v) is 8.96. The van der Waals surface area contributed by atoms with Crippen LogP contribution in [0.2, 0.25) is 10.0 Å². The molecule has 1 aromatic carbocycles. The van der Waals surface area contributed by atoms with Crippen molar-refractivity contribution in [2.75, 3.05) is 18.0 Å². The quantitative estimate of drug-likeness (QED) is 0.743. The fraction of sp³-hybridized carbons (Fsp3) is 0.294. The largest absolute Gasteiger partial charge is 0.351 e. The van der Waals surface area contributed by atoms with Crippen molar-refractivity contribution in [3.8, 4) is 0 Å². The van der Waals surface area contributed by atoms with Gasteiger partial charge in [-0.15, -0.1) is 10.2 Å². The highest BCUT2D eigenvalue weighted by Gasteiger charge is 2.27. The summed E-state index contributed by atoms with van der Waals surface area (Å²) in [6.07, 6.45) is 4.40. The summed E-state index contributed by atoms with van der Waals surface area (Å²) in [5.41, 5.74) is 1.22. The Morgan fingerprint density at radius 1 is 1.27 bits per heavy atom. The van der Waals surface area contributed by atoms with Crippen molar-refractivity contribution < 1.29 is 4.79 Å². The molecule has 1 aliphatic heterocycles. The van der Waals surface area contributed by atoms with Crippen LogP contribution in [0.4, 0.5) is 5.82 Å². The lowest BCUT2D eigenvalue weighted by atomic mass is 10.2. The van der Waals surface area contributed by atoms with E-state index >= 15 is 0 Å². The number of nitrogens with one attached hydrogen (secondary N) is 1. The monoisotopic (exact) mass is 390 g/mol. The molecule has 1 unspecified atom stereocenters. The maximum atomic E-state index is 12.4. The summed E-state index contributed by atoms with van der Waals surface area (Å²) in [6, 6.07) is 4.88.